The Balaban J connectivity index is 1.25. The van der Waals surface area contributed by atoms with Crippen LogP contribution in [0.2, 0.25) is 0 Å². The first-order valence-corrected chi connectivity index (χ1v) is 11.5. The number of H-pyrrole nitrogens is 1. The van der Waals surface area contributed by atoms with Gasteiger partial charge in [-0.1, -0.05) is 12.1 Å². The number of hydrogen-bond donors (Lipinski definition) is 2. The molecule has 0 radical (unpaired) electrons. The molecule has 8 nitrogen and oxygen atoms in total. The molecule has 6 rings (SSSR count). The number of nitrogens with one attached hydrogen (secondary N) is 2. The average molecular weight is 452 g/mol. The van der Waals surface area contributed by atoms with Crippen LogP contribution in [0.25, 0.3) is 33.1 Å². The number of nitrogens with zero attached hydrogens (tertiary/aromatic N) is 5. The number of piperidine rings is 1. The number of rotatable bonds is 4. The summed E-state index contributed by atoms with van der Waals surface area (Å²) in [6.07, 6.45) is 11.1. The molecule has 34 heavy (non-hydrogen) atoms. The normalized spacial score (nSPS) is 15.2. The summed E-state index contributed by atoms with van der Waals surface area (Å²) < 4.78 is 1.98. The topological polar surface area (TPSA) is 91.7 Å². The number of aromatic nitrogens is 5. The summed E-state index contributed by atoms with van der Waals surface area (Å²) in [6.45, 7) is 2.12. The summed E-state index contributed by atoms with van der Waals surface area (Å²) in [7, 11) is 2.14. The van der Waals surface area contributed by atoms with Crippen molar-refractivity contribution in [2.45, 2.75) is 18.9 Å². The second kappa shape index (κ2) is 8.39. The molecular formula is C26H25N7O. The van der Waals surface area contributed by atoms with Crippen molar-refractivity contribution in [3.8, 4) is 11.1 Å². The molecular weight excluding hydrogens is 426 g/mol. The second-order valence-corrected chi connectivity index (χ2v) is 8.93. The average Bonchev–Trinajstić information content (AvgIpc) is 3.51. The molecule has 8 heteroatoms. The lowest BCUT2D eigenvalue weighted by Gasteiger charge is -2.28. The lowest BCUT2D eigenvalue weighted by atomic mass is 10.0. The standard InChI is InChI=1S/C26H25N7O/c1-32-9-6-21(7-10-32)33-16-20(14-30-33)31-26(34)19-12-22-23(15-29-25(22)28-13-19)17-4-5-24-18(11-17)3-2-8-27-24/h2-5,8,11-16,21H,6-7,9-10H2,1H3,(H,28,29)(H,31,34). The van der Waals surface area contributed by atoms with Gasteiger partial charge in [0.1, 0.15) is 5.65 Å². The third-order valence-electron chi connectivity index (χ3n) is 6.63. The number of pyridine rings is 2. The Morgan fingerprint density at radius 1 is 1.12 bits per heavy atom. The highest BCUT2D eigenvalue weighted by molar-refractivity contribution is 6.07. The first-order chi connectivity index (χ1) is 16.6. The number of amides is 1. The van der Waals surface area contributed by atoms with Gasteiger partial charge in [-0.3, -0.25) is 14.5 Å². The minimum atomic E-state index is -0.202. The number of anilines is 1. The van der Waals surface area contributed by atoms with Crippen LogP contribution in [-0.4, -0.2) is 55.7 Å². The molecule has 1 aromatic carbocycles. The van der Waals surface area contributed by atoms with E-state index in [-0.39, 0.29) is 5.91 Å². The molecule has 0 bridgehead atoms. The summed E-state index contributed by atoms with van der Waals surface area (Å²) in [5, 5.41) is 9.43. The first kappa shape index (κ1) is 20.6. The summed E-state index contributed by atoms with van der Waals surface area (Å²) >= 11 is 0. The minimum absolute atomic E-state index is 0.202. The van der Waals surface area contributed by atoms with Crippen LogP contribution >= 0.6 is 0 Å². The zero-order valence-electron chi connectivity index (χ0n) is 18.9. The van der Waals surface area contributed by atoms with Crippen LogP contribution in [0.5, 0.6) is 0 Å². The zero-order chi connectivity index (χ0) is 23.1. The van der Waals surface area contributed by atoms with Gasteiger partial charge >= 0.3 is 0 Å². The zero-order valence-corrected chi connectivity index (χ0v) is 18.9. The third kappa shape index (κ3) is 3.82. The highest BCUT2D eigenvalue weighted by atomic mass is 16.1. The molecule has 0 saturated carbocycles. The largest absolute Gasteiger partial charge is 0.346 e. The van der Waals surface area contributed by atoms with Crippen LogP contribution in [0.1, 0.15) is 29.2 Å². The van der Waals surface area contributed by atoms with E-state index in [4.69, 9.17) is 0 Å². The lowest BCUT2D eigenvalue weighted by Crippen LogP contribution is -2.31. The monoisotopic (exact) mass is 451 g/mol. The van der Waals surface area contributed by atoms with Gasteiger partial charge in [0, 0.05) is 41.1 Å². The molecule has 1 aliphatic heterocycles. The predicted octanol–water partition coefficient (Wildman–Crippen LogP) is 4.49. The summed E-state index contributed by atoms with van der Waals surface area (Å²) in [4.78, 5) is 27.4. The third-order valence-corrected chi connectivity index (χ3v) is 6.63. The van der Waals surface area contributed by atoms with Crippen LogP contribution < -0.4 is 5.32 Å². The van der Waals surface area contributed by atoms with Crippen molar-refractivity contribution in [2.24, 2.45) is 0 Å². The molecule has 1 saturated heterocycles. The molecule has 4 aromatic heterocycles. The molecule has 5 heterocycles. The summed E-state index contributed by atoms with van der Waals surface area (Å²) in [5.74, 6) is -0.202. The van der Waals surface area contributed by atoms with E-state index in [1.165, 1.54) is 0 Å². The van der Waals surface area contributed by atoms with E-state index < -0.39 is 0 Å². The maximum Gasteiger partial charge on any atom is 0.257 e. The fraction of sp³-hybridized carbons (Fsp3) is 0.231. The van der Waals surface area contributed by atoms with Crippen molar-refractivity contribution in [1.29, 1.82) is 0 Å². The van der Waals surface area contributed by atoms with Crippen molar-refractivity contribution in [1.82, 2.24) is 29.6 Å². The Bertz CT molecular complexity index is 1490. The number of hydrogen-bond acceptors (Lipinski definition) is 5. The Morgan fingerprint density at radius 3 is 2.88 bits per heavy atom. The first-order valence-electron chi connectivity index (χ1n) is 11.5. The van der Waals surface area contributed by atoms with Gasteiger partial charge in [-0.15, -0.1) is 0 Å². The molecule has 5 aromatic rings. The van der Waals surface area contributed by atoms with Crippen LogP contribution in [0.4, 0.5) is 5.69 Å². The summed E-state index contributed by atoms with van der Waals surface area (Å²) in [6, 6.07) is 12.4. The number of likely N-dealkylation sites (tertiary alicyclic amines) is 1. The van der Waals surface area contributed by atoms with Gasteiger partial charge in [-0.2, -0.15) is 5.10 Å². The molecule has 170 valence electrons. The highest BCUT2D eigenvalue weighted by Crippen LogP contribution is 2.30. The maximum atomic E-state index is 13.0. The van der Waals surface area contributed by atoms with Crippen molar-refractivity contribution in [3.05, 3.63) is 72.9 Å². The second-order valence-electron chi connectivity index (χ2n) is 8.93. The molecule has 1 aliphatic rings. The van der Waals surface area contributed by atoms with Gasteiger partial charge < -0.3 is 15.2 Å². The predicted molar refractivity (Wildman–Crippen MR) is 133 cm³/mol. The van der Waals surface area contributed by atoms with Crippen molar-refractivity contribution in [2.75, 3.05) is 25.5 Å². The van der Waals surface area contributed by atoms with E-state index in [0.717, 1.165) is 59.0 Å². The Kier molecular flexibility index (Phi) is 5.07. The molecule has 2 N–H and O–H groups in total. The van der Waals surface area contributed by atoms with Gasteiger partial charge in [0.15, 0.2) is 0 Å². The smallest absolute Gasteiger partial charge is 0.257 e. The van der Waals surface area contributed by atoms with Gasteiger partial charge in [-0.05, 0) is 62.8 Å². The quantitative estimate of drug-likeness (QED) is 0.420. The van der Waals surface area contributed by atoms with E-state index >= 15 is 0 Å². The molecule has 1 fully saturated rings. The molecule has 1 amide bonds. The van der Waals surface area contributed by atoms with E-state index in [1.54, 1.807) is 18.6 Å². The van der Waals surface area contributed by atoms with Crippen LogP contribution in [-0.2, 0) is 0 Å². The molecule has 0 aliphatic carbocycles. The van der Waals surface area contributed by atoms with E-state index in [0.29, 0.717) is 17.3 Å². The number of carbonyl (C=O) groups excluding carboxylic acids is 1. The van der Waals surface area contributed by atoms with Crippen LogP contribution in [0.3, 0.4) is 0 Å². The van der Waals surface area contributed by atoms with Crippen molar-refractivity contribution < 1.29 is 4.79 Å². The SMILES string of the molecule is CN1CCC(n2cc(NC(=O)c3cnc4[nH]cc(-c5ccc6ncccc6c5)c4c3)cn2)CC1. The fourth-order valence-electron chi connectivity index (χ4n) is 4.67. The lowest BCUT2D eigenvalue weighted by molar-refractivity contribution is 0.102. The number of benzene rings is 1. The van der Waals surface area contributed by atoms with E-state index in [1.807, 2.05) is 47.4 Å². The molecule has 0 unspecified atom stereocenters. The van der Waals surface area contributed by atoms with E-state index in [2.05, 4.69) is 43.4 Å². The van der Waals surface area contributed by atoms with Crippen LogP contribution in [0, 0.1) is 0 Å². The number of carbonyl (C=O) groups is 1. The number of aromatic amines is 1. The highest BCUT2D eigenvalue weighted by Gasteiger charge is 2.19. The van der Waals surface area contributed by atoms with Gasteiger partial charge in [0.05, 0.1) is 29.0 Å². The number of fused-ring (bicyclic) bond motifs is 2. The molecule has 0 atom stereocenters. The minimum Gasteiger partial charge on any atom is -0.346 e. The summed E-state index contributed by atoms with van der Waals surface area (Å²) in [5.41, 5.74) is 4.93. The molecule has 0 spiro atoms. The van der Waals surface area contributed by atoms with Gasteiger partial charge in [0.2, 0.25) is 0 Å². The van der Waals surface area contributed by atoms with Crippen LogP contribution in [0.15, 0.2) is 67.4 Å². The maximum absolute atomic E-state index is 13.0. The Hall–Kier alpha value is -4.04. The Morgan fingerprint density at radius 2 is 2.00 bits per heavy atom. The fourth-order valence-corrected chi connectivity index (χ4v) is 4.67. The van der Waals surface area contributed by atoms with Crippen molar-refractivity contribution in [3.63, 3.8) is 0 Å². The van der Waals surface area contributed by atoms with Crippen molar-refractivity contribution >= 4 is 33.5 Å². The van der Waals surface area contributed by atoms with Gasteiger partial charge in [-0.25, -0.2) is 4.98 Å². The Labute approximate surface area is 196 Å². The van der Waals surface area contributed by atoms with Gasteiger partial charge in [0.25, 0.3) is 5.91 Å². The van der Waals surface area contributed by atoms with E-state index in [9.17, 15) is 4.79 Å².